The van der Waals surface area contributed by atoms with E-state index in [4.69, 9.17) is 16.3 Å². The Morgan fingerprint density at radius 2 is 1.82 bits per heavy atom. The number of piperidine rings is 1. The van der Waals surface area contributed by atoms with Crippen LogP contribution in [-0.2, 0) is 6.54 Å². The lowest BCUT2D eigenvalue weighted by molar-refractivity contribution is -0.384. The molecule has 176 valence electrons. The van der Waals surface area contributed by atoms with Gasteiger partial charge in [0, 0.05) is 60.1 Å². The van der Waals surface area contributed by atoms with Gasteiger partial charge in [0.15, 0.2) is 0 Å². The van der Waals surface area contributed by atoms with Crippen molar-refractivity contribution in [3.8, 4) is 5.75 Å². The fourth-order valence-corrected chi connectivity index (χ4v) is 4.57. The van der Waals surface area contributed by atoms with E-state index >= 15 is 0 Å². The van der Waals surface area contributed by atoms with Gasteiger partial charge < -0.3 is 9.64 Å². The Morgan fingerprint density at radius 3 is 2.53 bits per heavy atom. The first-order valence-electron chi connectivity index (χ1n) is 11.1. The zero-order chi connectivity index (χ0) is 24.1. The molecule has 1 fully saturated rings. The molecular weight excluding hydrogens is 454 g/mol. The maximum atomic E-state index is 13.6. The van der Waals surface area contributed by atoms with Crippen LogP contribution in [0.25, 0.3) is 0 Å². The molecule has 0 radical (unpaired) electrons. The normalized spacial score (nSPS) is 14.5. The van der Waals surface area contributed by atoms with Gasteiger partial charge in [0.05, 0.1) is 12.0 Å². The summed E-state index contributed by atoms with van der Waals surface area (Å²) in [7, 11) is 1.61. The molecule has 7 nitrogen and oxygen atoms in total. The van der Waals surface area contributed by atoms with E-state index in [1.54, 1.807) is 43.5 Å². The number of non-ortho nitro benzene ring substituents is 1. The summed E-state index contributed by atoms with van der Waals surface area (Å²) in [6, 6.07) is 21.3. The predicted molar refractivity (Wildman–Crippen MR) is 133 cm³/mol. The van der Waals surface area contributed by atoms with Crippen molar-refractivity contribution in [2.24, 2.45) is 0 Å². The van der Waals surface area contributed by atoms with Gasteiger partial charge in [0.1, 0.15) is 5.75 Å². The number of methoxy groups -OCH3 is 1. The van der Waals surface area contributed by atoms with Crippen LogP contribution < -0.4 is 9.64 Å². The number of carbonyl (C=O) groups excluding carboxylic acids is 1. The van der Waals surface area contributed by atoms with Crippen LogP contribution >= 0.6 is 11.6 Å². The van der Waals surface area contributed by atoms with E-state index in [0.717, 1.165) is 37.2 Å². The topological polar surface area (TPSA) is 75.9 Å². The molecule has 34 heavy (non-hydrogen) atoms. The van der Waals surface area contributed by atoms with E-state index in [-0.39, 0.29) is 22.6 Å². The standard InChI is InChI=1S/C26H26ClN3O4/c1-34-25-10-4-8-23(17-25)29(26(31)20-6-3-7-21(27)16-20)22-11-13-28(14-12-22)18-19-5-2-9-24(15-19)30(32)33/h2-10,15-17,22H,11-14,18H2,1H3. The van der Waals surface area contributed by atoms with Crippen molar-refractivity contribution in [3.63, 3.8) is 0 Å². The summed E-state index contributed by atoms with van der Waals surface area (Å²) in [6.45, 7) is 2.18. The van der Waals surface area contributed by atoms with E-state index < -0.39 is 0 Å². The van der Waals surface area contributed by atoms with Crippen molar-refractivity contribution >= 4 is 28.9 Å². The van der Waals surface area contributed by atoms with E-state index in [2.05, 4.69) is 4.90 Å². The molecule has 1 aliphatic rings. The smallest absolute Gasteiger partial charge is 0.269 e. The third-order valence-electron chi connectivity index (χ3n) is 6.07. The molecule has 3 aromatic carbocycles. The van der Waals surface area contributed by atoms with Crippen LogP contribution in [-0.4, -0.2) is 42.0 Å². The number of hydrogen-bond donors (Lipinski definition) is 0. The van der Waals surface area contributed by atoms with E-state index in [1.807, 2.05) is 35.2 Å². The molecule has 3 aromatic rings. The number of carbonyl (C=O) groups is 1. The Labute approximate surface area is 203 Å². The number of nitro groups is 1. The fraction of sp³-hybridized carbons (Fsp3) is 0.269. The number of anilines is 1. The summed E-state index contributed by atoms with van der Waals surface area (Å²) in [4.78, 5) is 28.4. The van der Waals surface area contributed by atoms with Gasteiger partial charge in [-0.3, -0.25) is 19.8 Å². The first kappa shape index (κ1) is 23.7. The zero-order valence-electron chi connectivity index (χ0n) is 18.9. The Balaban J connectivity index is 1.53. The molecule has 0 bridgehead atoms. The quantitative estimate of drug-likeness (QED) is 0.327. The van der Waals surface area contributed by atoms with Gasteiger partial charge in [0.25, 0.3) is 11.6 Å². The first-order valence-corrected chi connectivity index (χ1v) is 11.5. The molecule has 1 amide bonds. The molecule has 1 heterocycles. The molecule has 0 spiro atoms. The second kappa shape index (κ2) is 10.7. The maximum Gasteiger partial charge on any atom is 0.269 e. The first-order chi connectivity index (χ1) is 16.4. The average Bonchev–Trinajstić information content (AvgIpc) is 2.85. The fourth-order valence-electron chi connectivity index (χ4n) is 4.38. The Bertz CT molecular complexity index is 1180. The minimum absolute atomic E-state index is 0.0000489. The largest absolute Gasteiger partial charge is 0.497 e. The number of likely N-dealkylation sites (tertiary alicyclic amines) is 1. The summed E-state index contributed by atoms with van der Waals surface area (Å²) >= 11 is 6.16. The van der Waals surface area contributed by atoms with Crippen molar-refractivity contribution in [2.75, 3.05) is 25.1 Å². The minimum Gasteiger partial charge on any atom is -0.497 e. The summed E-state index contributed by atoms with van der Waals surface area (Å²) in [6.07, 6.45) is 1.55. The number of benzene rings is 3. The van der Waals surface area contributed by atoms with Gasteiger partial charge in [0.2, 0.25) is 0 Å². The second-order valence-corrected chi connectivity index (χ2v) is 8.76. The monoisotopic (exact) mass is 479 g/mol. The Morgan fingerprint density at radius 1 is 1.09 bits per heavy atom. The number of hydrogen-bond acceptors (Lipinski definition) is 5. The lowest BCUT2D eigenvalue weighted by Gasteiger charge is -2.38. The van der Waals surface area contributed by atoms with E-state index in [0.29, 0.717) is 22.9 Å². The van der Waals surface area contributed by atoms with Crippen LogP contribution in [0.4, 0.5) is 11.4 Å². The van der Waals surface area contributed by atoms with Gasteiger partial charge in [-0.05, 0) is 48.7 Å². The van der Waals surface area contributed by atoms with Crippen molar-refractivity contribution in [3.05, 3.63) is 99.1 Å². The maximum absolute atomic E-state index is 13.6. The highest BCUT2D eigenvalue weighted by Crippen LogP contribution is 2.30. The van der Waals surface area contributed by atoms with Gasteiger partial charge in [-0.25, -0.2) is 0 Å². The Kier molecular flexibility index (Phi) is 7.45. The predicted octanol–water partition coefficient (Wildman–Crippen LogP) is 5.57. The highest BCUT2D eigenvalue weighted by molar-refractivity contribution is 6.31. The van der Waals surface area contributed by atoms with Gasteiger partial charge in [-0.15, -0.1) is 0 Å². The third-order valence-corrected chi connectivity index (χ3v) is 6.31. The molecule has 0 aliphatic carbocycles. The third kappa shape index (κ3) is 5.55. The summed E-state index contributed by atoms with van der Waals surface area (Å²) in [5.41, 5.74) is 2.33. The Hall–Kier alpha value is -3.42. The molecule has 4 rings (SSSR count). The molecule has 0 atom stereocenters. The number of rotatable bonds is 7. The van der Waals surface area contributed by atoms with Gasteiger partial charge in [-0.2, -0.15) is 0 Å². The molecule has 0 aromatic heterocycles. The molecule has 1 saturated heterocycles. The van der Waals surface area contributed by atoms with Crippen molar-refractivity contribution < 1.29 is 14.5 Å². The van der Waals surface area contributed by atoms with Crippen LogP contribution in [0, 0.1) is 10.1 Å². The molecule has 0 unspecified atom stereocenters. The van der Waals surface area contributed by atoms with Crippen LogP contribution in [0.5, 0.6) is 5.75 Å². The lowest BCUT2D eigenvalue weighted by atomic mass is 10.00. The summed E-state index contributed by atoms with van der Waals surface area (Å²) in [5, 5.41) is 11.6. The molecular formula is C26H26ClN3O4. The van der Waals surface area contributed by atoms with Crippen LogP contribution in [0.2, 0.25) is 5.02 Å². The van der Waals surface area contributed by atoms with Crippen LogP contribution in [0.3, 0.4) is 0 Å². The van der Waals surface area contributed by atoms with E-state index in [9.17, 15) is 14.9 Å². The van der Waals surface area contributed by atoms with Crippen molar-refractivity contribution in [2.45, 2.75) is 25.4 Å². The van der Waals surface area contributed by atoms with Crippen LogP contribution in [0.1, 0.15) is 28.8 Å². The average molecular weight is 480 g/mol. The highest BCUT2D eigenvalue weighted by atomic mass is 35.5. The molecule has 0 saturated carbocycles. The molecule has 1 aliphatic heterocycles. The van der Waals surface area contributed by atoms with Crippen molar-refractivity contribution in [1.29, 1.82) is 0 Å². The minimum atomic E-state index is -0.372. The number of nitro benzene ring substituents is 1. The van der Waals surface area contributed by atoms with Crippen molar-refractivity contribution in [1.82, 2.24) is 4.90 Å². The molecule has 0 N–H and O–H groups in total. The number of amides is 1. The van der Waals surface area contributed by atoms with Gasteiger partial charge >= 0.3 is 0 Å². The number of nitrogens with zero attached hydrogens (tertiary/aromatic N) is 3. The SMILES string of the molecule is COc1cccc(N(C(=O)c2cccc(Cl)c2)C2CCN(Cc3cccc([N+](=O)[O-])c3)CC2)c1. The summed E-state index contributed by atoms with van der Waals surface area (Å²) in [5.74, 6) is 0.581. The zero-order valence-corrected chi connectivity index (χ0v) is 19.6. The second-order valence-electron chi connectivity index (χ2n) is 8.32. The number of ether oxygens (including phenoxy) is 1. The summed E-state index contributed by atoms with van der Waals surface area (Å²) < 4.78 is 5.39. The highest BCUT2D eigenvalue weighted by Gasteiger charge is 2.30. The van der Waals surface area contributed by atoms with Crippen LogP contribution in [0.15, 0.2) is 72.8 Å². The van der Waals surface area contributed by atoms with Gasteiger partial charge in [-0.1, -0.05) is 35.9 Å². The van der Waals surface area contributed by atoms with E-state index in [1.165, 1.54) is 6.07 Å². The lowest BCUT2D eigenvalue weighted by Crippen LogP contribution is -2.47. The number of halogens is 1. The molecule has 8 heteroatoms.